The van der Waals surface area contributed by atoms with Gasteiger partial charge in [0.05, 0.1) is 21.6 Å². The van der Waals surface area contributed by atoms with Gasteiger partial charge in [-0.25, -0.2) is 8.42 Å². The lowest BCUT2D eigenvalue weighted by Gasteiger charge is -2.21. The van der Waals surface area contributed by atoms with Gasteiger partial charge in [0.2, 0.25) is 10.0 Å². The molecule has 0 spiro atoms. The summed E-state index contributed by atoms with van der Waals surface area (Å²) in [6.07, 6.45) is -0.707. The Labute approximate surface area is 136 Å². The van der Waals surface area contributed by atoms with Crippen molar-refractivity contribution in [2.45, 2.75) is 37.8 Å². The first-order valence-electron chi connectivity index (χ1n) is 6.81. The van der Waals surface area contributed by atoms with Crippen LogP contribution in [0.1, 0.15) is 31.1 Å². The number of nitrogens with one attached hydrogen (secondary N) is 1. The molecule has 0 heterocycles. The molecule has 0 aliphatic carbocycles. The van der Waals surface area contributed by atoms with Crippen LogP contribution in [0.15, 0.2) is 23.1 Å². The van der Waals surface area contributed by atoms with Crippen molar-refractivity contribution in [2.24, 2.45) is 0 Å². The summed E-state index contributed by atoms with van der Waals surface area (Å²) < 4.78 is 26.1. The number of hydrogen-bond donors (Lipinski definition) is 2. The van der Waals surface area contributed by atoms with E-state index in [0.717, 1.165) is 0 Å². The summed E-state index contributed by atoms with van der Waals surface area (Å²) in [5.74, 6) is -0.532. The Morgan fingerprint density at radius 1 is 1.36 bits per heavy atom. The van der Waals surface area contributed by atoms with Gasteiger partial charge in [-0.3, -0.25) is 4.79 Å². The number of nitrogens with zero attached hydrogens (tertiary/aromatic N) is 1. The summed E-state index contributed by atoms with van der Waals surface area (Å²) in [7, 11) is -2.22. The molecular formula is C14H21ClN2O4S. The molecule has 1 aromatic rings. The van der Waals surface area contributed by atoms with Crippen molar-refractivity contribution >= 4 is 27.5 Å². The predicted molar refractivity (Wildman–Crippen MR) is 85.6 cm³/mol. The fourth-order valence-corrected chi connectivity index (χ4v) is 3.22. The van der Waals surface area contributed by atoms with E-state index < -0.39 is 22.0 Å². The second-order valence-corrected chi connectivity index (χ2v) is 7.72. The Hall–Kier alpha value is -1.15. The third kappa shape index (κ3) is 4.42. The Morgan fingerprint density at radius 3 is 2.45 bits per heavy atom. The second-order valence-electron chi connectivity index (χ2n) is 5.32. The number of carbonyl (C=O) groups excluding carboxylic acids is 1. The highest BCUT2D eigenvalue weighted by atomic mass is 35.5. The van der Waals surface area contributed by atoms with Gasteiger partial charge in [0.15, 0.2) is 0 Å². The molecule has 0 bridgehead atoms. The number of hydrogen-bond acceptors (Lipinski definition) is 4. The molecule has 8 heteroatoms. The zero-order valence-corrected chi connectivity index (χ0v) is 14.6. The van der Waals surface area contributed by atoms with Crippen molar-refractivity contribution in [3.63, 3.8) is 0 Å². The van der Waals surface area contributed by atoms with Gasteiger partial charge in [0.1, 0.15) is 0 Å². The predicted octanol–water partition coefficient (Wildman–Crippen LogP) is 1.48. The molecule has 22 heavy (non-hydrogen) atoms. The van der Waals surface area contributed by atoms with Crippen molar-refractivity contribution in [1.82, 2.24) is 9.62 Å². The van der Waals surface area contributed by atoms with Crippen LogP contribution in [0, 0.1) is 0 Å². The molecule has 1 rings (SSSR count). The molecule has 0 aliphatic heterocycles. The fourth-order valence-electron chi connectivity index (χ4n) is 1.62. The van der Waals surface area contributed by atoms with Crippen molar-refractivity contribution in [2.75, 3.05) is 13.6 Å². The van der Waals surface area contributed by atoms with Crippen molar-refractivity contribution in [3.05, 3.63) is 28.8 Å². The zero-order chi connectivity index (χ0) is 17.1. The third-order valence-corrected chi connectivity index (χ3v) is 5.50. The first-order chi connectivity index (χ1) is 10.1. The van der Waals surface area contributed by atoms with Crippen molar-refractivity contribution < 1.29 is 18.3 Å². The molecule has 2 N–H and O–H groups in total. The molecule has 1 amide bonds. The lowest BCUT2D eigenvalue weighted by Crippen LogP contribution is -2.33. The zero-order valence-electron chi connectivity index (χ0n) is 13.0. The summed E-state index contributed by atoms with van der Waals surface area (Å²) in [6, 6.07) is 3.77. The average Bonchev–Trinajstić information content (AvgIpc) is 2.43. The summed E-state index contributed by atoms with van der Waals surface area (Å²) in [5.41, 5.74) is 0.0561. The van der Waals surface area contributed by atoms with Crippen LogP contribution in [-0.2, 0) is 10.0 Å². The Bertz CT molecular complexity index is 644. The summed E-state index contributed by atoms with van der Waals surface area (Å²) in [4.78, 5) is 12.0. The van der Waals surface area contributed by atoms with Crippen LogP contribution in [0.5, 0.6) is 0 Å². The Balaban J connectivity index is 3.17. The lowest BCUT2D eigenvalue weighted by molar-refractivity contribution is 0.0924. The number of aliphatic hydroxyl groups excluding tert-OH is 1. The van der Waals surface area contributed by atoms with E-state index in [-0.39, 0.29) is 28.1 Å². The van der Waals surface area contributed by atoms with Gasteiger partial charge in [-0.2, -0.15) is 4.31 Å². The van der Waals surface area contributed by atoms with E-state index in [0.29, 0.717) is 0 Å². The summed E-state index contributed by atoms with van der Waals surface area (Å²) in [5, 5.41) is 11.8. The molecule has 0 saturated heterocycles. The molecule has 1 unspecified atom stereocenters. The van der Waals surface area contributed by atoms with Gasteiger partial charge in [-0.1, -0.05) is 11.6 Å². The summed E-state index contributed by atoms with van der Waals surface area (Å²) in [6.45, 7) is 5.09. The van der Waals surface area contributed by atoms with E-state index in [4.69, 9.17) is 11.6 Å². The van der Waals surface area contributed by atoms with Gasteiger partial charge in [-0.05, 0) is 39.0 Å². The molecular weight excluding hydrogens is 328 g/mol. The Kier molecular flexibility index (Phi) is 6.37. The number of halogens is 1. The van der Waals surface area contributed by atoms with Crippen LogP contribution in [-0.4, -0.2) is 49.5 Å². The van der Waals surface area contributed by atoms with Crippen LogP contribution in [0.25, 0.3) is 0 Å². The van der Waals surface area contributed by atoms with Gasteiger partial charge < -0.3 is 10.4 Å². The number of aliphatic hydroxyl groups is 1. The molecule has 0 saturated carbocycles. The van der Waals surface area contributed by atoms with Crippen LogP contribution in [0.2, 0.25) is 5.02 Å². The monoisotopic (exact) mass is 348 g/mol. The number of benzene rings is 1. The van der Waals surface area contributed by atoms with Gasteiger partial charge in [-0.15, -0.1) is 0 Å². The number of rotatable bonds is 6. The first-order valence-corrected chi connectivity index (χ1v) is 8.63. The van der Waals surface area contributed by atoms with Gasteiger partial charge in [0.25, 0.3) is 5.91 Å². The van der Waals surface area contributed by atoms with Gasteiger partial charge >= 0.3 is 0 Å². The minimum Gasteiger partial charge on any atom is -0.392 e. The average molecular weight is 349 g/mol. The van der Waals surface area contributed by atoms with E-state index >= 15 is 0 Å². The topological polar surface area (TPSA) is 86.7 Å². The molecule has 1 atom stereocenters. The summed E-state index contributed by atoms with van der Waals surface area (Å²) >= 11 is 5.97. The molecule has 124 valence electrons. The second kappa shape index (κ2) is 7.41. The molecule has 0 radical (unpaired) electrons. The molecule has 1 aromatic carbocycles. The maximum absolute atomic E-state index is 12.4. The quantitative estimate of drug-likeness (QED) is 0.815. The normalized spacial score (nSPS) is 13.5. The molecule has 6 nitrogen and oxygen atoms in total. The lowest BCUT2D eigenvalue weighted by atomic mass is 10.2. The van der Waals surface area contributed by atoms with Crippen LogP contribution in [0.3, 0.4) is 0 Å². The minimum absolute atomic E-state index is 0.00435. The number of sulfonamides is 1. The molecule has 0 aliphatic rings. The maximum atomic E-state index is 12.4. The van der Waals surface area contributed by atoms with E-state index in [1.54, 1.807) is 13.8 Å². The number of carbonyl (C=O) groups is 1. The highest BCUT2D eigenvalue weighted by Gasteiger charge is 2.25. The first kappa shape index (κ1) is 18.9. The maximum Gasteiger partial charge on any atom is 0.252 e. The van der Waals surface area contributed by atoms with E-state index in [9.17, 15) is 18.3 Å². The number of amides is 1. The van der Waals surface area contributed by atoms with Crippen LogP contribution < -0.4 is 5.32 Å². The van der Waals surface area contributed by atoms with Crippen molar-refractivity contribution in [3.8, 4) is 0 Å². The van der Waals surface area contributed by atoms with E-state index in [1.807, 2.05) is 0 Å². The highest BCUT2D eigenvalue weighted by molar-refractivity contribution is 7.89. The minimum atomic E-state index is -3.70. The van der Waals surface area contributed by atoms with Gasteiger partial charge in [0, 0.05) is 19.6 Å². The van der Waals surface area contributed by atoms with E-state index in [2.05, 4.69) is 5.32 Å². The third-order valence-electron chi connectivity index (χ3n) is 3.14. The molecule has 0 aromatic heterocycles. The van der Waals surface area contributed by atoms with E-state index in [1.165, 1.54) is 36.5 Å². The largest absolute Gasteiger partial charge is 0.392 e. The highest BCUT2D eigenvalue weighted by Crippen LogP contribution is 2.23. The fraction of sp³-hybridized carbons (Fsp3) is 0.500. The standard InChI is InChI=1S/C14H21ClN2O4S/c1-9(2)17(4)22(20,21)11-5-6-13(15)12(7-11)14(19)16-8-10(3)18/h5-7,9-10,18H,8H2,1-4H3,(H,16,19). The van der Waals surface area contributed by atoms with Crippen molar-refractivity contribution in [1.29, 1.82) is 0 Å². The van der Waals surface area contributed by atoms with Crippen LogP contribution >= 0.6 is 11.6 Å². The van der Waals surface area contributed by atoms with Crippen LogP contribution in [0.4, 0.5) is 0 Å². The Morgan fingerprint density at radius 2 is 1.95 bits per heavy atom. The molecule has 0 fully saturated rings. The smallest absolute Gasteiger partial charge is 0.252 e. The SMILES string of the molecule is CC(O)CNC(=O)c1cc(S(=O)(=O)N(C)C(C)C)ccc1Cl.